The monoisotopic (exact) mass is 352 g/mol. The number of likely N-dealkylation sites (tertiary alicyclic amines) is 1. The molecule has 0 radical (unpaired) electrons. The Labute approximate surface area is 145 Å². The van der Waals surface area contributed by atoms with Crippen LogP contribution in [0.2, 0.25) is 10.0 Å². The van der Waals surface area contributed by atoms with Crippen molar-refractivity contribution in [3.05, 3.63) is 46.0 Å². The van der Waals surface area contributed by atoms with Gasteiger partial charge < -0.3 is 0 Å². The molecule has 4 nitrogen and oxygen atoms in total. The maximum atomic E-state index is 12.4. The van der Waals surface area contributed by atoms with E-state index in [0.29, 0.717) is 36.1 Å². The molecule has 0 N–H and O–H groups in total. The fourth-order valence-corrected chi connectivity index (χ4v) is 3.57. The minimum atomic E-state index is -0.175. The van der Waals surface area contributed by atoms with E-state index in [0.717, 1.165) is 5.56 Å². The highest BCUT2D eigenvalue weighted by molar-refractivity contribution is 6.42. The number of carbonyl (C=O) groups excluding carboxylic acids is 2. The normalized spacial score (nSPS) is 23.7. The van der Waals surface area contributed by atoms with Gasteiger partial charge in [-0.3, -0.25) is 19.4 Å². The van der Waals surface area contributed by atoms with Gasteiger partial charge in [0.25, 0.3) is 0 Å². The first-order valence-corrected chi connectivity index (χ1v) is 8.35. The molecule has 1 aromatic carbocycles. The molecule has 122 valence electrons. The number of imide groups is 1. The second-order valence-corrected chi connectivity index (χ2v) is 6.98. The predicted octanol–water partition coefficient (Wildman–Crippen LogP) is 3.33. The van der Waals surface area contributed by atoms with Crippen molar-refractivity contribution in [1.82, 2.24) is 9.80 Å². The Morgan fingerprint density at radius 1 is 1.09 bits per heavy atom. The van der Waals surface area contributed by atoms with Gasteiger partial charge in [0.2, 0.25) is 11.8 Å². The van der Waals surface area contributed by atoms with Gasteiger partial charge in [0.1, 0.15) is 0 Å². The van der Waals surface area contributed by atoms with E-state index in [1.165, 1.54) is 4.90 Å². The number of hydrogen-bond acceptors (Lipinski definition) is 3. The van der Waals surface area contributed by atoms with E-state index in [4.69, 9.17) is 23.2 Å². The van der Waals surface area contributed by atoms with Crippen molar-refractivity contribution in [3.8, 4) is 0 Å². The predicted molar refractivity (Wildman–Crippen MR) is 90.0 cm³/mol. The van der Waals surface area contributed by atoms with Gasteiger partial charge in [0, 0.05) is 6.54 Å². The number of fused-ring (bicyclic) bond motifs is 1. The van der Waals surface area contributed by atoms with E-state index in [1.54, 1.807) is 12.1 Å². The van der Waals surface area contributed by atoms with Crippen LogP contribution in [0.15, 0.2) is 30.4 Å². The third kappa shape index (κ3) is 3.30. The number of halogens is 2. The lowest BCUT2D eigenvalue weighted by Gasteiger charge is -2.23. The molecule has 2 atom stereocenters. The molecule has 1 aliphatic heterocycles. The molecule has 0 aromatic heterocycles. The number of carbonyl (C=O) groups is 2. The summed E-state index contributed by atoms with van der Waals surface area (Å²) in [5, 5.41) is 1.02. The average molecular weight is 353 g/mol. The van der Waals surface area contributed by atoms with E-state index in [2.05, 4.69) is 0 Å². The zero-order valence-electron chi connectivity index (χ0n) is 12.8. The first-order valence-electron chi connectivity index (χ1n) is 7.60. The first-order chi connectivity index (χ1) is 11.0. The van der Waals surface area contributed by atoms with Gasteiger partial charge in [-0.25, -0.2) is 0 Å². The van der Waals surface area contributed by atoms with Crippen LogP contribution in [0, 0.1) is 11.8 Å². The van der Waals surface area contributed by atoms with E-state index in [-0.39, 0.29) is 23.7 Å². The molecule has 23 heavy (non-hydrogen) atoms. The van der Waals surface area contributed by atoms with Gasteiger partial charge in [0.05, 0.1) is 28.5 Å². The van der Waals surface area contributed by atoms with E-state index in [9.17, 15) is 9.59 Å². The molecular weight excluding hydrogens is 335 g/mol. The van der Waals surface area contributed by atoms with Crippen LogP contribution < -0.4 is 0 Å². The lowest BCUT2D eigenvalue weighted by Crippen LogP contribution is -2.40. The van der Waals surface area contributed by atoms with Crippen molar-refractivity contribution in [3.63, 3.8) is 0 Å². The maximum absolute atomic E-state index is 12.4. The number of allylic oxidation sites excluding steroid dienone is 2. The lowest BCUT2D eigenvalue weighted by molar-refractivity contribution is -0.142. The second kappa shape index (κ2) is 6.63. The maximum Gasteiger partial charge on any atom is 0.234 e. The van der Waals surface area contributed by atoms with Gasteiger partial charge in [0.15, 0.2) is 0 Å². The van der Waals surface area contributed by atoms with Gasteiger partial charge in [-0.1, -0.05) is 41.4 Å². The minimum absolute atomic E-state index is 0.0506. The minimum Gasteiger partial charge on any atom is -0.284 e. The molecule has 1 heterocycles. The Kier molecular flexibility index (Phi) is 4.76. The van der Waals surface area contributed by atoms with E-state index < -0.39 is 0 Å². The lowest BCUT2D eigenvalue weighted by atomic mass is 9.85. The molecule has 3 rings (SSSR count). The zero-order chi connectivity index (χ0) is 16.6. The first kappa shape index (κ1) is 16.5. The van der Waals surface area contributed by atoms with Crippen LogP contribution >= 0.6 is 23.2 Å². The average Bonchev–Trinajstić information content (AvgIpc) is 2.76. The van der Waals surface area contributed by atoms with Gasteiger partial charge in [-0.15, -0.1) is 0 Å². The van der Waals surface area contributed by atoms with Crippen LogP contribution in [0.4, 0.5) is 0 Å². The van der Waals surface area contributed by atoms with Crippen LogP contribution in [0.25, 0.3) is 0 Å². The largest absolute Gasteiger partial charge is 0.284 e. The Hall–Kier alpha value is -1.36. The zero-order valence-corrected chi connectivity index (χ0v) is 14.3. The molecule has 0 saturated carbocycles. The summed E-state index contributed by atoms with van der Waals surface area (Å²) in [5.41, 5.74) is 0.986. The van der Waals surface area contributed by atoms with E-state index >= 15 is 0 Å². The van der Waals surface area contributed by atoms with Crippen molar-refractivity contribution in [2.24, 2.45) is 11.8 Å². The number of hydrogen-bond donors (Lipinski definition) is 0. The van der Waals surface area contributed by atoms with Crippen molar-refractivity contribution in [2.75, 3.05) is 13.7 Å². The smallest absolute Gasteiger partial charge is 0.234 e. The summed E-state index contributed by atoms with van der Waals surface area (Å²) >= 11 is 11.9. The standard InChI is InChI=1S/C17H18Cl2N2O2/c1-20(9-11-6-7-14(18)15(19)8-11)10-21-16(22)12-4-2-3-5-13(12)17(21)23/h2-3,6-8,12-13H,4-5,9-10H2,1H3. The van der Waals surface area contributed by atoms with Gasteiger partial charge in [-0.2, -0.15) is 0 Å². The summed E-state index contributed by atoms with van der Waals surface area (Å²) in [6, 6.07) is 5.44. The molecule has 1 aliphatic carbocycles. The van der Waals surface area contributed by atoms with Crippen LogP contribution in [0.1, 0.15) is 18.4 Å². The van der Waals surface area contributed by atoms with Crippen molar-refractivity contribution in [1.29, 1.82) is 0 Å². The molecule has 0 spiro atoms. The number of amides is 2. The summed E-state index contributed by atoms with van der Waals surface area (Å²) < 4.78 is 0. The Morgan fingerprint density at radius 3 is 2.26 bits per heavy atom. The molecule has 2 amide bonds. The van der Waals surface area contributed by atoms with Crippen LogP contribution in [-0.4, -0.2) is 35.3 Å². The summed E-state index contributed by atoms with van der Waals surface area (Å²) in [6.07, 6.45) is 5.33. The summed E-state index contributed by atoms with van der Waals surface area (Å²) in [5.74, 6) is -0.451. The number of rotatable bonds is 4. The Bertz CT molecular complexity index is 649. The summed E-state index contributed by atoms with van der Waals surface area (Å²) in [6.45, 7) is 0.881. The molecule has 6 heteroatoms. The third-order valence-electron chi connectivity index (χ3n) is 4.42. The SMILES string of the molecule is CN(Cc1ccc(Cl)c(Cl)c1)CN1C(=O)C2CC=CCC2C1=O. The van der Waals surface area contributed by atoms with Crippen LogP contribution in [-0.2, 0) is 16.1 Å². The quantitative estimate of drug-likeness (QED) is 0.616. The number of nitrogens with zero attached hydrogens (tertiary/aromatic N) is 2. The fourth-order valence-electron chi connectivity index (χ4n) is 3.25. The molecule has 1 aromatic rings. The molecule has 1 saturated heterocycles. The highest BCUT2D eigenvalue weighted by Crippen LogP contribution is 2.35. The highest BCUT2D eigenvalue weighted by atomic mass is 35.5. The van der Waals surface area contributed by atoms with Crippen molar-refractivity contribution >= 4 is 35.0 Å². The third-order valence-corrected chi connectivity index (χ3v) is 5.16. The fraction of sp³-hybridized carbons (Fsp3) is 0.412. The summed E-state index contributed by atoms with van der Waals surface area (Å²) in [4.78, 5) is 28.2. The molecule has 2 aliphatic rings. The molecular formula is C17H18Cl2N2O2. The van der Waals surface area contributed by atoms with E-state index in [1.807, 2.05) is 30.2 Å². The Morgan fingerprint density at radius 2 is 1.70 bits per heavy atom. The highest BCUT2D eigenvalue weighted by Gasteiger charge is 2.47. The number of benzene rings is 1. The van der Waals surface area contributed by atoms with Crippen LogP contribution in [0.5, 0.6) is 0 Å². The molecule has 0 bridgehead atoms. The second-order valence-electron chi connectivity index (χ2n) is 6.16. The molecule has 2 unspecified atom stereocenters. The topological polar surface area (TPSA) is 40.6 Å². The summed E-state index contributed by atoms with van der Waals surface area (Å²) in [7, 11) is 1.88. The van der Waals surface area contributed by atoms with Gasteiger partial charge in [-0.05, 0) is 37.6 Å². The Balaban J connectivity index is 1.65. The van der Waals surface area contributed by atoms with Crippen LogP contribution in [0.3, 0.4) is 0 Å². The van der Waals surface area contributed by atoms with Crippen molar-refractivity contribution in [2.45, 2.75) is 19.4 Å². The molecule has 1 fully saturated rings. The van der Waals surface area contributed by atoms with Gasteiger partial charge >= 0.3 is 0 Å². The van der Waals surface area contributed by atoms with Crippen molar-refractivity contribution < 1.29 is 9.59 Å².